The number of thiazole rings is 3. The predicted octanol–water partition coefficient (Wildman–Crippen LogP) is 16.4. The molecule has 1 aliphatic carbocycles. The molecule has 750 valence electrons. The zero-order valence-electron chi connectivity index (χ0n) is 76.9. The third kappa shape index (κ3) is 23.3. The molecule has 0 bridgehead atoms. The molecule has 7 saturated heterocycles. The average Bonchev–Trinajstić information content (AvgIpc) is 1.58. The SMILES string of the molecule is COc1cccc(CN2CCN([C@H]3CCN(c4ccc(S(=O)[O-])cc4)C3=O)CC2)c1.Cc1ccc2c(c1)C1(CCNCC1)CC2[C@H]1CCN(c2ccc(S(=O)(=O)Nc3nccs3)cc2)C1=O.N#Cc1ccc(C2CCN([C@H]3CCN(c4ccc(S(=O)(=O)Nc5nccs5)cc4)C3=O)CC2)cc1.Nc1nccs1.O=C1[C@@H](N2CCc3c2ccc(F)c3Cl)CCN1c1ccc(S(=O)(=O)Nc2ccc(Cl)nn2)cc1.[HH].[HH].[HH].[HH].[HH].[HH].[HH]. The van der Waals surface area contributed by atoms with Crippen molar-refractivity contribution in [1.29, 1.82) is 5.26 Å². The highest BCUT2D eigenvalue weighted by atomic mass is 35.5. The summed E-state index contributed by atoms with van der Waals surface area (Å²) in [6.45, 7) is 13.4. The number of nitrogens with zero attached hydrogens (tertiary/aromatic N) is 14. The molecular formula is C99H117Cl2FN19O13S7-. The molecule has 4 aromatic heterocycles. The highest BCUT2D eigenvalue weighted by Crippen LogP contribution is 2.56. The molecule has 4 amide bonds. The minimum Gasteiger partial charge on any atom is -0.768 e. The maximum Gasteiger partial charge on any atom is 0.263 e. The normalized spacial score (nSPS) is 20.1. The number of piperazine rings is 1. The Morgan fingerprint density at radius 1 is 0.574 bits per heavy atom. The lowest BCUT2D eigenvalue weighted by molar-refractivity contribution is -0.123. The van der Waals surface area contributed by atoms with E-state index in [0.29, 0.717) is 83.8 Å². The Morgan fingerprint density at radius 2 is 1.10 bits per heavy atom. The molecule has 12 heterocycles. The van der Waals surface area contributed by atoms with Crippen LogP contribution in [0.15, 0.2) is 242 Å². The van der Waals surface area contributed by atoms with E-state index in [9.17, 15) is 57.6 Å². The lowest BCUT2D eigenvalue weighted by atomic mass is 9.72. The van der Waals surface area contributed by atoms with Crippen LogP contribution in [-0.2, 0) is 78.7 Å². The number of nitriles is 1. The van der Waals surface area contributed by atoms with E-state index in [-0.39, 0.29) is 98.5 Å². The predicted molar refractivity (Wildman–Crippen MR) is 560 cm³/mol. The number of aromatic nitrogens is 5. The van der Waals surface area contributed by atoms with E-state index >= 15 is 0 Å². The van der Waals surface area contributed by atoms with Crippen LogP contribution in [0.1, 0.15) is 119 Å². The number of nitrogens with one attached hydrogen (secondary N) is 4. The molecule has 0 saturated carbocycles. The molecular weight excluding hydrogens is 1980 g/mol. The van der Waals surface area contributed by atoms with Crippen molar-refractivity contribution in [2.45, 2.75) is 133 Å². The molecule has 1 spiro atoms. The Morgan fingerprint density at radius 3 is 1.61 bits per heavy atom. The van der Waals surface area contributed by atoms with Crippen molar-refractivity contribution in [2.75, 3.05) is 137 Å². The molecule has 12 aromatic rings. The van der Waals surface area contributed by atoms with E-state index in [0.717, 1.165) is 139 Å². The number of aryl methyl sites for hydroxylation is 1. The zero-order chi connectivity index (χ0) is 98.9. The van der Waals surface area contributed by atoms with E-state index in [1.807, 2.05) is 51.6 Å². The Hall–Kier alpha value is -11.8. The minimum atomic E-state index is -3.90. The van der Waals surface area contributed by atoms with Crippen LogP contribution in [0.4, 0.5) is 54.0 Å². The monoisotopic (exact) mass is 2090 g/mol. The first-order chi connectivity index (χ1) is 68.0. The number of hydrogen-bond donors (Lipinski definition) is 5. The highest BCUT2D eigenvalue weighted by Gasteiger charge is 2.51. The van der Waals surface area contributed by atoms with Crippen molar-refractivity contribution >= 4 is 172 Å². The van der Waals surface area contributed by atoms with Crippen LogP contribution in [0, 0.1) is 30.0 Å². The van der Waals surface area contributed by atoms with E-state index < -0.39 is 53.0 Å². The Balaban J connectivity index is 0.000000195. The first-order valence-corrected chi connectivity index (χ1v) is 55.1. The minimum absolute atomic E-state index is 0. The number of amides is 4. The number of nitrogen functional groups attached to an aromatic ring is 1. The number of anilines is 9. The summed E-state index contributed by atoms with van der Waals surface area (Å²) in [5.74, 6) is 1.30. The summed E-state index contributed by atoms with van der Waals surface area (Å²) < 4.78 is 124. The van der Waals surface area contributed by atoms with E-state index in [1.54, 1.807) is 112 Å². The van der Waals surface area contributed by atoms with Gasteiger partial charge in [-0.2, -0.15) is 5.26 Å². The summed E-state index contributed by atoms with van der Waals surface area (Å²) in [4.78, 5) is 81.3. The van der Waals surface area contributed by atoms with Crippen LogP contribution in [0.5, 0.6) is 5.75 Å². The summed E-state index contributed by atoms with van der Waals surface area (Å²) >= 11 is 13.4. The van der Waals surface area contributed by atoms with Crippen molar-refractivity contribution in [1.82, 2.24) is 45.2 Å². The third-order valence-electron chi connectivity index (χ3n) is 27.3. The van der Waals surface area contributed by atoms with Gasteiger partial charge in [-0.25, -0.2) is 44.6 Å². The van der Waals surface area contributed by atoms with Crippen molar-refractivity contribution in [3.63, 3.8) is 0 Å². The Kier molecular flexibility index (Phi) is 31.7. The topological polar surface area (TPSA) is 408 Å². The molecule has 6 atom stereocenters. The molecule has 141 heavy (non-hydrogen) atoms. The second-order valence-electron chi connectivity index (χ2n) is 35.5. The van der Waals surface area contributed by atoms with Gasteiger partial charge in [0.2, 0.25) is 23.6 Å². The van der Waals surface area contributed by atoms with E-state index in [4.69, 9.17) is 38.9 Å². The second kappa shape index (κ2) is 44.4. The van der Waals surface area contributed by atoms with Gasteiger partial charge in [0.25, 0.3) is 30.1 Å². The number of benzene rings is 8. The van der Waals surface area contributed by atoms with Gasteiger partial charge in [0.1, 0.15) is 17.6 Å². The number of carbonyl (C=O) groups is 4. The lowest BCUT2D eigenvalue weighted by Crippen LogP contribution is -2.52. The van der Waals surface area contributed by atoms with Crippen LogP contribution < -0.4 is 54.5 Å². The third-order valence-corrected chi connectivity index (χ3v) is 34.9. The van der Waals surface area contributed by atoms with Gasteiger partial charge >= 0.3 is 0 Å². The number of ether oxygens (including phenoxy) is 1. The Bertz CT molecular complexity index is 6920. The largest absolute Gasteiger partial charge is 0.768 e. The number of hydrogen-bond acceptors (Lipinski definition) is 28. The molecule has 21 rings (SSSR count). The number of fused-ring (bicyclic) bond motifs is 3. The molecule has 8 aromatic carbocycles. The van der Waals surface area contributed by atoms with Gasteiger partial charge in [-0.15, -0.1) is 44.2 Å². The van der Waals surface area contributed by atoms with E-state index in [1.165, 1.54) is 123 Å². The van der Waals surface area contributed by atoms with Gasteiger partial charge in [-0.3, -0.25) is 52.3 Å². The zero-order valence-corrected chi connectivity index (χ0v) is 84.2. The standard InChI is InChI=1S/C27H30N4O3S2.C25H25N5O3S2.C22H18Cl2FN5O3S.C22H27N3O4S.C3H4N2S.7H2/c1-18-2-7-21-23(17-27(24(21)16-18)9-11-28-12-10-27)22-8-14-31(25(22)32)19-3-5-20(6-4-19)36(33,34)30-26-29-13-15-35-26;26-17-18-1-3-19(4-2-18)20-9-13-29(14-10-20)23-11-15-30(24(23)31)21-5-7-22(8-6-21)35(32,33)28-25-27-12-16-34-25;23-19-7-8-20(27-26-19)28-34(32,33)14-3-1-13(2-4-14)29-12-10-18(22(29)31)30-11-9-15-17(30)6-5-16(25)21(15)24;1-29-19-4-2-3-17(15-19)16-23-11-13-24(14-12-23)21-9-10-25(22(21)26)18-5-7-20(8-6-18)30(27)28;4-3-5-1-2-6-3;;;;;;;/h2-7,13,15-16,22-23,28H,8-12,14,17H2,1H3,(H,29,30);1-8,12,16,20,23H,9-11,13-15H2,(H,27,28);1-8,18H,9-12H2,(H,27,28);2-8,15,21H,9-14,16H2,1H3,(H,27,28);1-2H,(H2,4,5);7*1H/p-1/t22-,23?;23-;18-;21-;;;;;;;;/m1000......../s1. The molecule has 7 fully saturated rings. The van der Waals surface area contributed by atoms with Gasteiger partial charge in [0.05, 0.1) is 50.5 Å². The number of halogens is 3. The Labute approximate surface area is 852 Å². The number of piperidine rings is 2. The van der Waals surface area contributed by atoms with Crippen LogP contribution in [-0.4, -0.2) is 208 Å². The number of rotatable bonds is 22. The van der Waals surface area contributed by atoms with Crippen molar-refractivity contribution in [3.05, 3.63) is 278 Å². The summed E-state index contributed by atoms with van der Waals surface area (Å²) in [6.07, 6.45) is 13.5. The van der Waals surface area contributed by atoms with Gasteiger partial charge in [0, 0.05) is 149 Å². The number of sulfonamides is 3. The van der Waals surface area contributed by atoms with Gasteiger partial charge in [-0.05, 0) is 299 Å². The molecule has 2 unspecified atom stereocenters. The molecule has 8 aliphatic heterocycles. The average molecular weight is 2100 g/mol. The summed E-state index contributed by atoms with van der Waals surface area (Å²) in [5, 5.41) is 26.6. The van der Waals surface area contributed by atoms with Crippen LogP contribution in [0.25, 0.3) is 0 Å². The van der Waals surface area contributed by atoms with Gasteiger partial charge < -0.3 is 44.8 Å². The van der Waals surface area contributed by atoms with Crippen LogP contribution in [0.3, 0.4) is 0 Å². The van der Waals surface area contributed by atoms with E-state index in [2.05, 4.69) is 103 Å². The molecule has 9 aliphatic rings. The number of carbonyl (C=O) groups excluding carboxylic acids is 4. The number of likely N-dealkylation sites (tertiary alicyclic amines) is 1. The summed E-state index contributed by atoms with van der Waals surface area (Å²) in [6, 6.07) is 55.6. The smallest absolute Gasteiger partial charge is 0.263 e. The van der Waals surface area contributed by atoms with Gasteiger partial charge in [-0.1, -0.05) is 71.2 Å². The maximum atomic E-state index is 13.8. The summed E-state index contributed by atoms with van der Waals surface area (Å²) in [7, 11) is -9.67. The fourth-order valence-corrected chi connectivity index (χ4v) is 25.8. The van der Waals surface area contributed by atoms with Crippen molar-refractivity contribution < 1.29 is 72.3 Å². The second-order valence-corrected chi connectivity index (χ2v) is 45.0. The quantitative estimate of drug-likeness (QED) is 0.0393. The fourth-order valence-electron chi connectivity index (χ4n) is 20.1. The van der Waals surface area contributed by atoms with Gasteiger partial charge in [0.15, 0.2) is 26.4 Å². The fraction of sp³-hybridized carbons (Fsp3) is 0.333. The van der Waals surface area contributed by atoms with Crippen molar-refractivity contribution in [2.24, 2.45) is 5.92 Å². The van der Waals surface area contributed by atoms with Crippen molar-refractivity contribution in [3.8, 4) is 11.8 Å². The van der Waals surface area contributed by atoms with Crippen LogP contribution in [0.2, 0.25) is 10.2 Å². The van der Waals surface area contributed by atoms with Crippen LogP contribution >= 0.6 is 57.2 Å². The number of nitrogens with two attached hydrogens (primary N) is 1. The maximum absolute atomic E-state index is 13.8. The molecule has 0 radical (unpaired) electrons. The summed E-state index contributed by atoms with van der Waals surface area (Å²) in [5.41, 5.74) is 16.9. The first kappa shape index (κ1) is 101. The lowest BCUT2D eigenvalue weighted by Gasteiger charge is -2.37. The molecule has 6 N–H and O–H groups in total. The first-order valence-electron chi connectivity index (χ1n) is 46.1. The number of methoxy groups -OCH3 is 1. The molecule has 32 nitrogen and oxygen atoms in total. The molecule has 42 heteroatoms. The highest BCUT2D eigenvalue weighted by molar-refractivity contribution is 7.93.